The van der Waals surface area contributed by atoms with Gasteiger partial charge >= 0.3 is 0 Å². The number of hydrogen-bond donors (Lipinski definition) is 1. The maximum absolute atomic E-state index is 13.2. The summed E-state index contributed by atoms with van der Waals surface area (Å²) in [7, 11) is -3.73. The Kier molecular flexibility index (Phi) is 5.92. The van der Waals surface area contributed by atoms with Crippen LogP contribution >= 0.6 is 0 Å². The molecule has 1 N–H and O–H groups in total. The Morgan fingerprint density at radius 2 is 1.77 bits per heavy atom. The first kappa shape index (κ1) is 20.3. The minimum absolute atomic E-state index is 0.0846. The van der Waals surface area contributed by atoms with Crippen molar-refractivity contribution in [2.24, 2.45) is 0 Å². The monoisotopic (exact) mass is 421 g/mol. The van der Waals surface area contributed by atoms with Crippen LogP contribution in [0.2, 0.25) is 0 Å². The molecule has 0 spiro atoms. The number of sulfonamides is 1. The highest BCUT2D eigenvalue weighted by atomic mass is 32.2. The van der Waals surface area contributed by atoms with Crippen molar-refractivity contribution in [3.63, 3.8) is 0 Å². The number of carbonyl (C=O) groups is 1. The van der Waals surface area contributed by atoms with Gasteiger partial charge in [0.05, 0.1) is 4.90 Å². The first-order valence-corrected chi connectivity index (χ1v) is 11.3. The fourth-order valence-corrected chi connectivity index (χ4v) is 4.32. The average Bonchev–Trinajstić information content (AvgIpc) is 3.62. The normalized spacial score (nSPS) is 13.7. The smallest absolute Gasteiger partial charge is 0.254 e. The van der Waals surface area contributed by atoms with Gasteiger partial charge in [-0.05, 0) is 48.2 Å². The number of nitrogens with zero attached hydrogens (tertiary/aromatic N) is 2. The van der Waals surface area contributed by atoms with Gasteiger partial charge in [-0.1, -0.05) is 42.5 Å². The summed E-state index contributed by atoms with van der Waals surface area (Å²) in [6, 6.07) is 19.5. The van der Waals surface area contributed by atoms with Gasteiger partial charge in [0, 0.05) is 37.1 Å². The molecule has 0 radical (unpaired) electrons. The van der Waals surface area contributed by atoms with Crippen LogP contribution in [0.3, 0.4) is 0 Å². The lowest BCUT2D eigenvalue weighted by atomic mass is 10.1. The molecule has 1 heterocycles. The van der Waals surface area contributed by atoms with Crippen LogP contribution < -0.4 is 4.72 Å². The van der Waals surface area contributed by atoms with Crippen molar-refractivity contribution in [2.75, 3.05) is 0 Å². The van der Waals surface area contributed by atoms with Gasteiger partial charge in [-0.3, -0.25) is 9.78 Å². The standard InChI is InChI=1S/C23H23N3O3S/c27-23(26(21-11-12-21)17-19-8-5-13-24-15-19)20-9-4-10-22(14-20)30(28,29)25-16-18-6-2-1-3-7-18/h1-10,13-15,21,25H,11-12,16-17H2. The highest BCUT2D eigenvalue weighted by molar-refractivity contribution is 7.89. The summed E-state index contributed by atoms with van der Waals surface area (Å²) >= 11 is 0. The minimum atomic E-state index is -3.73. The summed E-state index contributed by atoms with van der Waals surface area (Å²) in [5.41, 5.74) is 2.18. The Hall–Kier alpha value is -3.03. The zero-order valence-electron chi connectivity index (χ0n) is 16.4. The van der Waals surface area contributed by atoms with E-state index >= 15 is 0 Å². The number of amides is 1. The second-order valence-corrected chi connectivity index (χ2v) is 9.13. The van der Waals surface area contributed by atoms with Crippen LogP contribution in [0.25, 0.3) is 0 Å². The average molecular weight is 422 g/mol. The number of carbonyl (C=O) groups excluding carboxylic acids is 1. The quantitative estimate of drug-likeness (QED) is 0.605. The maximum Gasteiger partial charge on any atom is 0.254 e. The lowest BCUT2D eigenvalue weighted by Crippen LogP contribution is -2.33. The summed E-state index contributed by atoms with van der Waals surface area (Å²) in [4.78, 5) is 19.2. The predicted molar refractivity (Wildman–Crippen MR) is 114 cm³/mol. The van der Waals surface area contributed by atoms with E-state index in [4.69, 9.17) is 0 Å². The van der Waals surface area contributed by atoms with E-state index in [9.17, 15) is 13.2 Å². The molecule has 154 valence electrons. The van der Waals surface area contributed by atoms with E-state index in [2.05, 4.69) is 9.71 Å². The van der Waals surface area contributed by atoms with Gasteiger partial charge in [0.2, 0.25) is 10.0 Å². The predicted octanol–water partition coefficient (Wildman–Crippen LogP) is 3.36. The largest absolute Gasteiger partial charge is 0.331 e. The molecule has 1 fully saturated rings. The Morgan fingerprint density at radius 3 is 2.47 bits per heavy atom. The van der Waals surface area contributed by atoms with E-state index in [1.165, 1.54) is 12.1 Å². The number of benzene rings is 2. The van der Waals surface area contributed by atoms with E-state index in [1.54, 1.807) is 29.4 Å². The summed E-state index contributed by atoms with van der Waals surface area (Å²) in [6.07, 6.45) is 5.37. The zero-order chi connectivity index (χ0) is 21.0. The first-order valence-electron chi connectivity index (χ1n) is 9.86. The minimum Gasteiger partial charge on any atom is -0.331 e. The SMILES string of the molecule is O=C(c1cccc(S(=O)(=O)NCc2ccccc2)c1)N(Cc1cccnc1)C1CC1. The van der Waals surface area contributed by atoms with Crippen molar-refractivity contribution in [3.8, 4) is 0 Å². The van der Waals surface area contributed by atoms with Crippen LogP contribution in [0.5, 0.6) is 0 Å². The Labute approximate surface area is 176 Å². The molecule has 7 heteroatoms. The summed E-state index contributed by atoms with van der Waals surface area (Å²) < 4.78 is 28.1. The molecule has 0 unspecified atom stereocenters. The fourth-order valence-electron chi connectivity index (χ4n) is 3.26. The molecule has 0 aliphatic heterocycles. The lowest BCUT2D eigenvalue weighted by Gasteiger charge is -2.23. The molecule has 0 atom stereocenters. The summed E-state index contributed by atoms with van der Waals surface area (Å²) in [6.45, 7) is 0.650. The summed E-state index contributed by atoms with van der Waals surface area (Å²) in [5, 5.41) is 0. The van der Waals surface area contributed by atoms with Gasteiger partial charge in [0.15, 0.2) is 0 Å². The van der Waals surface area contributed by atoms with Crippen LogP contribution in [-0.2, 0) is 23.1 Å². The van der Waals surface area contributed by atoms with E-state index in [-0.39, 0.29) is 23.4 Å². The van der Waals surface area contributed by atoms with Gasteiger partial charge < -0.3 is 4.90 Å². The molecule has 30 heavy (non-hydrogen) atoms. The van der Waals surface area contributed by atoms with Gasteiger partial charge in [-0.15, -0.1) is 0 Å². The van der Waals surface area contributed by atoms with Crippen LogP contribution in [-0.4, -0.2) is 30.3 Å². The van der Waals surface area contributed by atoms with Crippen molar-refractivity contribution in [1.29, 1.82) is 0 Å². The van der Waals surface area contributed by atoms with E-state index in [0.717, 1.165) is 24.0 Å². The molecule has 3 aromatic rings. The second kappa shape index (κ2) is 8.77. The van der Waals surface area contributed by atoms with Crippen LogP contribution in [0.15, 0.2) is 84.0 Å². The van der Waals surface area contributed by atoms with Crippen LogP contribution in [0.4, 0.5) is 0 Å². The van der Waals surface area contributed by atoms with E-state index in [0.29, 0.717) is 12.1 Å². The molecular formula is C23H23N3O3S. The van der Waals surface area contributed by atoms with Crippen molar-refractivity contribution in [1.82, 2.24) is 14.6 Å². The molecule has 6 nitrogen and oxygen atoms in total. The maximum atomic E-state index is 13.2. The molecule has 4 rings (SSSR count). The van der Waals surface area contributed by atoms with Gasteiger partial charge in [-0.25, -0.2) is 13.1 Å². The molecule has 1 aromatic heterocycles. The summed E-state index contributed by atoms with van der Waals surface area (Å²) in [5.74, 6) is -0.165. The Bertz CT molecular complexity index is 1110. The van der Waals surface area contributed by atoms with E-state index < -0.39 is 10.0 Å². The topological polar surface area (TPSA) is 79.4 Å². The third-order valence-corrected chi connectivity index (χ3v) is 6.42. The first-order chi connectivity index (χ1) is 14.5. The van der Waals surface area contributed by atoms with Crippen LogP contribution in [0.1, 0.15) is 34.3 Å². The van der Waals surface area contributed by atoms with E-state index in [1.807, 2.05) is 42.5 Å². The third kappa shape index (κ3) is 4.93. The number of nitrogens with one attached hydrogen (secondary N) is 1. The van der Waals surface area contributed by atoms with Gasteiger partial charge in [-0.2, -0.15) is 0 Å². The number of aromatic nitrogens is 1. The Morgan fingerprint density at radius 1 is 1.00 bits per heavy atom. The van der Waals surface area contributed by atoms with Gasteiger partial charge in [0.1, 0.15) is 0 Å². The molecule has 1 aliphatic rings. The van der Waals surface area contributed by atoms with Crippen LogP contribution in [0, 0.1) is 0 Å². The number of rotatable bonds is 8. The number of pyridine rings is 1. The number of hydrogen-bond acceptors (Lipinski definition) is 4. The molecule has 2 aromatic carbocycles. The Balaban J connectivity index is 1.52. The molecule has 1 aliphatic carbocycles. The van der Waals surface area contributed by atoms with Crippen molar-refractivity contribution in [3.05, 3.63) is 95.8 Å². The molecule has 1 saturated carbocycles. The second-order valence-electron chi connectivity index (χ2n) is 7.36. The highest BCUT2D eigenvalue weighted by Gasteiger charge is 2.33. The van der Waals surface area contributed by atoms with Crippen molar-refractivity contribution < 1.29 is 13.2 Å². The lowest BCUT2D eigenvalue weighted by molar-refractivity contribution is 0.0729. The third-order valence-electron chi connectivity index (χ3n) is 5.02. The highest BCUT2D eigenvalue weighted by Crippen LogP contribution is 2.30. The fraction of sp³-hybridized carbons (Fsp3) is 0.217. The molecule has 1 amide bonds. The molecule has 0 bridgehead atoms. The van der Waals surface area contributed by atoms with Crippen molar-refractivity contribution >= 4 is 15.9 Å². The van der Waals surface area contributed by atoms with Crippen molar-refractivity contribution in [2.45, 2.75) is 36.9 Å². The van der Waals surface area contributed by atoms with Gasteiger partial charge in [0.25, 0.3) is 5.91 Å². The molecular weight excluding hydrogens is 398 g/mol. The molecule has 0 saturated heterocycles. The zero-order valence-corrected chi connectivity index (χ0v) is 17.3.